The molecule has 2 heterocycles. The van der Waals surface area contributed by atoms with Crippen molar-refractivity contribution in [2.24, 2.45) is 5.41 Å². The maximum Gasteiger partial charge on any atom is 0.408 e. The Bertz CT molecular complexity index is 1150. The summed E-state index contributed by atoms with van der Waals surface area (Å²) in [6, 6.07) is 6.93. The van der Waals surface area contributed by atoms with E-state index in [0.717, 1.165) is 17.0 Å². The molecule has 11 heteroatoms. The van der Waals surface area contributed by atoms with Crippen LogP contribution in [0.15, 0.2) is 55.2 Å². The third-order valence-electron chi connectivity index (χ3n) is 6.05. The number of unbranched alkanes of at least 4 members (excludes halogenated alkanes) is 1. The fourth-order valence-corrected chi connectivity index (χ4v) is 3.99. The Labute approximate surface area is 215 Å². The molecular formula is C26H34N6O5. The van der Waals surface area contributed by atoms with E-state index in [1.54, 1.807) is 24.7 Å². The maximum atomic E-state index is 13.3. The third-order valence-corrected chi connectivity index (χ3v) is 6.05. The van der Waals surface area contributed by atoms with E-state index in [0.29, 0.717) is 12.2 Å². The molecule has 0 aliphatic heterocycles. The number of carbonyl (C=O) groups is 3. The number of imidazole rings is 1. The second-order valence-electron chi connectivity index (χ2n) is 9.79. The number of amides is 2. The summed E-state index contributed by atoms with van der Waals surface area (Å²) in [7, 11) is 0. The van der Waals surface area contributed by atoms with Crippen LogP contribution in [0, 0.1) is 5.41 Å². The Balaban J connectivity index is 1.83. The molecule has 0 saturated carbocycles. The first-order chi connectivity index (χ1) is 17.6. The van der Waals surface area contributed by atoms with E-state index < -0.39 is 35.3 Å². The van der Waals surface area contributed by atoms with Gasteiger partial charge in [0.05, 0.1) is 18.6 Å². The lowest BCUT2D eigenvalue weighted by molar-refractivity contribution is -0.139. The molecule has 198 valence electrons. The molecule has 2 aromatic heterocycles. The molecule has 0 unspecified atom stereocenters. The van der Waals surface area contributed by atoms with Crippen LogP contribution in [0.4, 0.5) is 10.6 Å². The quantitative estimate of drug-likeness (QED) is 0.311. The summed E-state index contributed by atoms with van der Waals surface area (Å²) in [5.41, 5.74) is 0.303. The number of Topliss-reactive ketones (excluding diaryl/α,β-unsaturated/α-hetero) is 1. The normalized spacial score (nSPS) is 13.0. The summed E-state index contributed by atoms with van der Waals surface area (Å²) in [6.45, 7) is 7.58. The number of ether oxygens (including phenoxy) is 1. The summed E-state index contributed by atoms with van der Waals surface area (Å²) in [5.74, 6) is -0.925. The Kier molecular flexibility index (Phi) is 9.05. The number of benzene rings is 1. The lowest BCUT2D eigenvalue weighted by Crippen LogP contribution is -2.58. The summed E-state index contributed by atoms with van der Waals surface area (Å²) in [6.07, 6.45) is 6.87. The highest BCUT2D eigenvalue weighted by Gasteiger charge is 2.42. The first-order valence-electron chi connectivity index (χ1n) is 12.2. The van der Waals surface area contributed by atoms with E-state index >= 15 is 0 Å². The zero-order valence-electron chi connectivity index (χ0n) is 21.5. The summed E-state index contributed by atoms with van der Waals surface area (Å²) >= 11 is 0. The van der Waals surface area contributed by atoms with E-state index in [1.807, 2.05) is 50.6 Å². The predicted octanol–water partition coefficient (Wildman–Crippen LogP) is 4.14. The van der Waals surface area contributed by atoms with Gasteiger partial charge in [-0.3, -0.25) is 19.6 Å². The van der Waals surface area contributed by atoms with Gasteiger partial charge in [0, 0.05) is 24.1 Å². The number of anilines is 1. The number of rotatable bonds is 12. The summed E-state index contributed by atoms with van der Waals surface area (Å²) in [4.78, 5) is 43.7. The van der Waals surface area contributed by atoms with Crippen LogP contribution in [0.2, 0.25) is 0 Å². The van der Waals surface area contributed by atoms with Gasteiger partial charge in [-0.2, -0.15) is 5.10 Å². The lowest BCUT2D eigenvalue weighted by atomic mass is 9.84. The van der Waals surface area contributed by atoms with Crippen LogP contribution in [0.3, 0.4) is 0 Å². The largest absolute Gasteiger partial charge is 0.491 e. The maximum absolute atomic E-state index is 13.3. The van der Waals surface area contributed by atoms with Crippen LogP contribution in [-0.4, -0.2) is 66.2 Å². The second kappa shape index (κ2) is 12.2. The van der Waals surface area contributed by atoms with Gasteiger partial charge in [-0.05, 0) is 36.1 Å². The number of aromatic amines is 1. The van der Waals surface area contributed by atoms with E-state index in [-0.39, 0.29) is 18.8 Å². The average Bonchev–Trinajstić information content (AvgIpc) is 3.57. The van der Waals surface area contributed by atoms with Gasteiger partial charge in [-0.25, -0.2) is 9.78 Å². The number of carbonyl (C=O) groups excluding carboxylic acids is 2. The second-order valence-corrected chi connectivity index (χ2v) is 9.79. The fourth-order valence-electron chi connectivity index (χ4n) is 3.99. The minimum absolute atomic E-state index is 0.00169. The third kappa shape index (κ3) is 7.18. The van der Waals surface area contributed by atoms with Crippen molar-refractivity contribution in [3.63, 3.8) is 0 Å². The number of carboxylic acid groups (broad SMARTS) is 1. The summed E-state index contributed by atoms with van der Waals surface area (Å²) in [5, 5.41) is 19.0. The van der Waals surface area contributed by atoms with Gasteiger partial charge in [-0.15, -0.1) is 0 Å². The lowest BCUT2D eigenvalue weighted by Gasteiger charge is -2.41. The molecule has 0 aliphatic rings. The average molecular weight is 511 g/mol. The number of hydrogen-bond acceptors (Lipinski definition) is 6. The van der Waals surface area contributed by atoms with Crippen LogP contribution >= 0.6 is 0 Å². The van der Waals surface area contributed by atoms with E-state index in [1.165, 1.54) is 12.3 Å². The Hall–Kier alpha value is -4.15. The summed E-state index contributed by atoms with van der Waals surface area (Å²) < 4.78 is 7.88. The molecule has 0 spiro atoms. The van der Waals surface area contributed by atoms with Gasteiger partial charge >= 0.3 is 6.09 Å². The van der Waals surface area contributed by atoms with Crippen LogP contribution in [0.5, 0.6) is 5.75 Å². The van der Waals surface area contributed by atoms with Crippen molar-refractivity contribution in [1.29, 1.82) is 0 Å². The Morgan fingerprint density at radius 1 is 1.16 bits per heavy atom. The Morgan fingerprint density at radius 2 is 1.89 bits per heavy atom. The van der Waals surface area contributed by atoms with Crippen molar-refractivity contribution in [3.8, 4) is 11.4 Å². The van der Waals surface area contributed by atoms with Crippen LogP contribution in [0.25, 0.3) is 5.69 Å². The molecule has 11 nitrogen and oxygen atoms in total. The van der Waals surface area contributed by atoms with Gasteiger partial charge in [-0.1, -0.05) is 40.5 Å². The first kappa shape index (κ1) is 27.4. The number of H-pyrrole nitrogens is 1. The molecule has 3 rings (SSSR count). The van der Waals surface area contributed by atoms with Gasteiger partial charge in [0.25, 0.3) is 5.91 Å². The molecule has 0 radical (unpaired) electrons. The van der Waals surface area contributed by atoms with Crippen molar-refractivity contribution in [2.75, 3.05) is 11.9 Å². The topological polar surface area (TPSA) is 142 Å². The molecule has 2 atom stereocenters. The number of hydrogen-bond donors (Lipinski definition) is 3. The van der Waals surface area contributed by atoms with Crippen molar-refractivity contribution in [1.82, 2.24) is 24.6 Å². The first-order valence-corrected chi connectivity index (χ1v) is 12.2. The van der Waals surface area contributed by atoms with Crippen molar-refractivity contribution >= 4 is 23.6 Å². The van der Waals surface area contributed by atoms with E-state index in [2.05, 4.69) is 20.5 Å². The molecular weight excluding hydrogens is 476 g/mol. The van der Waals surface area contributed by atoms with E-state index in [4.69, 9.17) is 4.74 Å². The monoisotopic (exact) mass is 510 g/mol. The predicted molar refractivity (Wildman–Crippen MR) is 138 cm³/mol. The van der Waals surface area contributed by atoms with Crippen molar-refractivity contribution in [3.05, 3.63) is 55.2 Å². The molecule has 3 N–H and O–H groups in total. The van der Waals surface area contributed by atoms with Crippen molar-refractivity contribution < 1.29 is 24.2 Å². The zero-order valence-corrected chi connectivity index (χ0v) is 21.5. The molecule has 0 fully saturated rings. The minimum atomic E-state index is -1.29. The van der Waals surface area contributed by atoms with Crippen LogP contribution in [-0.2, 0) is 9.59 Å². The standard InChI is InChI=1S/C26H34N6O5/c1-5-6-7-20(23(33)24(34)29-22-12-13-28-30-22)32(25(35)36)21(26(2,3)4)16-37-19-10-8-18(9-11-19)31-15-14-27-17-31/h8-15,17,20-21H,5-7,16H2,1-4H3,(H,35,36)(H2,28,29,30,34)/t20-,21+/m0/s1. The van der Waals surface area contributed by atoms with Gasteiger partial charge in [0.15, 0.2) is 0 Å². The zero-order chi connectivity index (χ0) is 27.0. The smallest absolute Gasteiger partial charge is 0.408 e. The van der Waals surface area contributed by atoms with E-state index in [9.17, 15) is 19.5 Å². The SMILES string of the molecule is CCCC[C@@H](C(=O)C(=O)Nc1ccn[nH]1)N(C(=O)O)[C@H](COc1ccc(-n2ccnc2)cc1)C(C)(C)C. The molecule has 2 amide bonds. The fraction of sp³-hybridized carbons (Fsp3) is 0.423. The van der Waals surface area contributed by atoms with Crippen LogP contribution < -0.4 is 10.1 Å². The Morgan fingerprint density at radius 3 is 2.43 bits per heavy atom. The molecule has 1 aromatic carbocycles. The number of ketones is 1. The number of nitrogens with zero attached hydrogens (tertiary/aromatic N) is 4. The van der Waals surface area contributed by atoms with Crippen LogP contribution in [0.1, 0.15) is 47.0 Å². The molecule has 3 aromatic rings. The van der Waals surface area contributed by atoms with Gasteiger partial charge in [0.2, 0.25) is 5.78 Å². The number of nitrogens with one attached hydrogen (secondary N) is 2. The van der Waals surface area contributed by atoms with Gasteiger partial charge < -0.3 is 19.7 Å². The number of aromatic nitrogens is 4. The molecule has 0 bridgehead atoms. The molecule has 0 saturated heterocycles. The molecule has 0 aliphatic carbocycles. The highest BCUT2D eigenvalue weighted by Crippen LogP contribution is 2.29. The van der Waals surface area contributed by atoms with Crippen molar-refractivity contribution in [2.45, 2.75) is 59.0 Å². The molecule has 37 heavy (non-hydrogen) atoms. The minimum Gasteiger partial charge on any atom is -0.491 e. The highest BCUT2D eigenvalue weighted by atomic mass is 16.5. The highest BCUT2D eigenvalue weighted by molar-refractivity contribution is 6.42. The van der Waals surface area contributed by atoms with Gasteiger partial charge in [0.1, 0.15) is 24.2 Å².